The number of methoxy groups -OCH3 is 2. The molecular formula is C17H26N2O5S. The average Bonchev–Trinajstić information content (AvgIpc) is 2.90. The zero-order chi connectivity index (χ0) is 18.7. The minimum Gasteiger partial charge on any atom is -0.493 e. The van der Waals surface area contributed by atoms with Crippen LogP contribution in [0.3, 0.4) is 0 Å². The third-order valence-corrected chi connectivity index (χ3v) is 6.19. The molecule has 1 saturated heterocycles. The van der Waals surface area contributed by atoms with Crippen LogP contribution in [0.5, 0.6) is 11.5 Å². The third kappa shape index (κ3) is 5.01. The molecule has 1 aliphatic rings. The molecule has 0 saturated carbocycles. The van der Waals surface area contributed by atoms with Crippen LogP contribution in [0.4, 0.5) is 4.79 Å². The van der Waals surface area contributed by atoms with Crippen LogP contribution in [0.25, 0.3) is 0 Å². The van der Waals surface area contributed by atoms with E-state index in [1.165, 1.54) is 0 Å². The lowest BCUT2D eigenvalue weighted by molar-refractivity contribution is 0.235. The van der Waals surface area contributed by atoms with Gasteiger partial charge in [-0.05, 0) is 24.1 Å². The maximum atomic E-state index is 12.0. The second-order valence-corrected chi connectivity index (χ2v) is 9.11. The van der Waals surface area contributed by atoms with Crippen LogP contribution < -0.4 is 20.1 Å². The highest BCUT2D eigenvalue weighted by atomic mass is 32.2. The average molecular weight is 370 g/mol. The number of carbonyl (C=O) groups excluding carboxylic acids is 1. The molecule has 0 bridgehead atoms. The van der Waals surface area contributed by atoms with E-state index in [4.69, 9.17) is 9.47 Å². The van der Waals surface area contributed by atoms with Crippen molar-refractivity contribution in [2.45, 2.75) is 31.7 Å². The Bertz CT molecular complexity index is 731. The van der Waals surface area contributed by atoms with Gasteiger partial charge in [-0.3, -0.25) is 0 Å². The fraction of sp³-hybridized carbons (Fsp3) is 0.588. The number of amides is 2. The molecule has 0 radical (unpaired) electrons. The lowest BCUT2D eigenvalue weighted by Crippen LogP contribution is -2.46. The van der Waals surface area contributed by atoms with Crippen LogP contribution in [0, 0.1) is 0 Å². The molecule has 1 aromatic rings. The summed E-state index contributed by atoms with van der Waals surface area (Å²) in [6, 6.07) is 5.00. The molecule has 1 aromatic carbocycles. The zero-order valence-corrected chi connectivity index (χ0v) is 15.9. The van der Waals surface area contributed by atoms with Gasteiger partial charge in [-0.1, -0.05) is 19.9 Å². The molecule has 25 heavy (non-hydrogen) atoms. The number of urea groups is 1. The summed E-state index contributed by atoms with van der Waals surface area (Å²) in [4.78, 5) is 12.0. The van der Waals surface area contributed by atoms with E-state index < -0.39 is 9.84 Å². The van der Waals surface area contributed by atoms with Crippen LogP contribution in [0.1, 0.15) is 25.8 Å². The molecule has 1 aliphatic heterocycles. The Balaban J connectivity index is 1.95. The van der Waals surface area contributed by atoms with Gasteiger partial charge in [0, 0.05) is 18.0 Å². The third-order valence-electron chi connectivity index (χ3n) is 4.42. The predicted octanol–water partition coefficient (Wildman–Crippen LogP) is 1.47. The quantitative estimate of drug-likeness (QED) is 0.791. The summed E-state index contributed by atoms with van der Waals surface area (Å²) in [5.41, 5.74) is 0.660. The molecule has 2 N–H and O–H groups in total. The maximum absolute atomic E-state index is 12.0. The number of ether oxygens (including phenoxy) is 2. The second-order valence-electron chi connectivity index (χ2n) is 6.88. The molecule has 1 fully saturated rings. The number of rotatable bonds is 6. The van der Waals surface area contributed by atoms with Gasteiger partial charge in [0.25, 0.3) is 0 Å². The van der Waals surface area contributed by atoms with E-state index in [1.807, 2.05) is 32.0 Å². The minimum atomic E-state index is -3.01. The van der Waals surface area contributed by atoms with Crippen molar-refractivity contribution in [1.29, 1.82) is 0 Å². The smallest absolute Gasteiger partial charge is 0.315 e. The summed E-state index contributed by atoms with van der Waals surface area (Å²) < 4.78 is 33.5. The zero-order valence-electron chi connectivity index (χ0n) is 15.1. The first-order chi connectivity index (χ1) is 11.7. The first kappa shape index (κ1) is 19.4. The van der Waals surface area contributed by atoms with Gasteiger partial charge in [0.1, 0.15) is 0 Å². The van der Waals surface area contributed by atoms with Crippen molar-refractivity contribution in [3.63, 3.8) is 0 Å². The summed E-state index contributed by atoms with van der Waals surface area (Å²) in [6.07, 6.45) is 0.467. The number of hydrogen-bond acceptors (Lipinski definition) is 5. The summed E-state index contributed by atoms with van der Waals surface area (Å²) in [6.45, 7) is 4.41. The van der Waals surface area contributed by atoms with Gasteiger partial charge in [0.05, 0.1) is 25.7 Å². The Morgan fingerprint density at radius 1 is 1.24 bits per heavy atom. The van der Waals surface area contributed by atoms with Gasteiger partial charge < -0.3 is 20.1 Å². The van der Waals surface area contributed by atoms with Gasteiger partial charge >= 0.3 is 6.03 Å². The predicted molar refractivity (Wildman–Crippen MR) is 96.2 cm³/mol. The molecule has 1 atom stereocenters. The van der Waals surface area contributed by atoms with Gasteiger partial charge in [-0.2, -0.15) is 0 Å². The molecule has 0 aromatic heterocycles. The van der Waals surface area contributed by atoms with E-state index in [9.17, 15) is 13.2 Å². The van der Waals surface area contributed by atoms with E-state index in [1.54, 1.807) is 14.2 Å². The van der Waals surface area contributed by atoms with E-state index in [2.05, 4.69) is 10.6 Å². The Labute approximate surface area is 149 Å². The number of sulfone groups is 1. The fourth-order valence-electron chi connectivity index (χ4n) is 2.81. The highest BCUT2D eigenvalue weighted by molar-refractivity contribution is 7.91. The van der Waals surface area contributed by atoms with Crippen molar-refractivity contribution in [2.24, 2.45) is 0 Å². The molecule has 1 heterocycles. The highest BCUT2D eigenvalue weighted by Crippen LogP contribution is 2.32. The van der Waals surface area contributed by atoms with Crippen molar-refractivity contribution < 1.29 is 22.7 Å². The summed E-state index contributed by atoms with van der Waals surface area (Å²) in [5, 5.41) is 5.55. The largest absolute Gasteiger partial charge is 0.493 e. The lowest BCUT2D eigenvalue weighted by atomic mass is 9.84. The monoisotopic (exact) mass is 370 g/mol. The van der Waals surface area contributed by atoms with E-state index in [-0.39, 0.29) is 29.0 Å². The van der Waals surface area contributed by atoms with Crippen molar-refractivity contribution in [3.05, 3.63) is 23.8 Å². The lowest BCUT2D eigenvalue weighted by Gasteiger charge is -2.27. The van der Waals surface area contributed by atoms with Gasteiger partial charge in [-0.25, -0.2) is 13.2 Å². The minimum absolute atomic E-state index is 0.0134. The van der Waals surface area contributed by atoms with Crippen molar-refractivity contribution in [2.75, 3.05) is 32.3 Å². The topological polar surface area (TPSA) is 93.7 Å². The maximum Gasteiger partial charge on any atom is 0.315 e. The van der Waals surface area contributed by atoms with Gasteiger partial charge in [0.15, 0.2) is 21.3 Å². The van der Waals surface area contributed by atoms with Crippen LogP contribution >= 0.6 is 0 Å². The molecule has 140 valence electrons. The Kier molecular flexibility index (Phi) is 5.82. The van der Waals surface area contributed by atoms with Gasteiger partial charge in [0.2, 0.25) is 0 Å². The van der Waals surface area contributed by atoms with E-state index >= 15 is 0 Å². The fourth-order valence-corrected chi connectivity index (χ4v) is 4.48. The molecule has 8 heteroatoms. The van der Waals surface area contributed by atoms with Crippen LogP contribution in [-0.4, -0.2) is 52.8 Å². The van der Waals surface area contributed by atoms with E-state index in [0.717, 1.165) is 5.56 Å². The Morgan fingerprint density at radius 2 is 1.92 bits per heavy atom. The van der Waals surface area contributed by atoms with Crippen LogP contribution in [-0.2, 0) is 15.3 Å². The molecule has 0 aliphatic carbocycles. The molecular weight excluding hydrogens is 344 g/mol. The van der Waals surface area contributed by atoms with Crippen molar-refractivity contribution in [1.82, 2.24) is 10.6 Å². The number of nitrogens with one attached hydrogen (secondary N) is 2. The number of carbonyl (C=O) groups is 1. The first-order valence-electron chi connectivity index (χ1n) is 8.14. The first-order valence-corrected chi connectivity index (χ1v) is 9.96. The Hall–Kier alpha value is -1.96. The Morgan fingerprint density at radius 3 is 2.48 bits per heavy atom. The number of hydrogen-bond donors (Lipinski definition) is 2. The summed E-state index contributed by atoms with van der Waals surface area (Å²) in [5.74, 6) is 1.43. The molecule has 2 amide bonds. The van der Waals surface area contributed by atoms with E-state index in [0.29, 0.717) is 24.5 Å². The number of benzene rings is 1. The van der Waals surface area contributed by atoms with Crippen molar-refractivity contribution >= 4 is 15.9 Å². The molecule has 1 unspecified atom stereocenters. The van der Waals surface area contributed by atoms with Gasteiger partial charge in [-0.15, -0.1) is 0 Å². The standard InChI is InChI=1S/C17H26N2O5S/c1-17(2,12-5-6-14(23-3)15(9-12)24-4)11-18-16(20)19-13-7-8-25(21,22)10-13/h5-6,9,13H,7-8,10-11H2,1-4H3,(H2,18,19,20). The SMILES string of the molecule is COc1ccc(C(C)(C)CNC(=O)NC2CCS(=O)(=O)C2)cc1OC. The second kappa shape index (κ2) is 7.51. The molecule has 0 spiro atoms. The molecule has 2 rings (SSSR count). The normalized spacial score (nSPS) is 19.3. The summed E-state index contributed by atoms with van der Waals surface area (Å²) >= 11 is 0. The van der Waals surface area contributed by atoms with Crippen molar-refractivity contribution in [3.8, 4) is 11.5 Å². The van der Waals surface area contributed by atoms with Crippen LogP contribution in [0.15, 0.2) is 18.2 Å². The summed E-state index contributed by atoms with van der Waals surface area (Å²) in [7, 11) is 0.150. The molecule has 7 nitrogen and oxygen atoms in total. The van der Waals surface area contributed by atoms with Crippen LogP contribution in [0.2, 0.25) is 0 Å². The highest BCUT2D eigenvalue weighted by Gasteiger charge is 2.29.